The van der Waals surface area contributed by atoms with Gasteiger partial charge in [-0.05, 0) is 56.9 Å². The maximum atomic E-state index is 6.27. The van der Waals surface area contributed by atoms with E-state index in [0.29, 0.717) is 23.8 Å². The van der Waals surface area contributed by atoms with Gasteiger partial charge in [-0.15, -0.1) is 0 Å². The molecule has 3 aliphatic rings. The van der Waals surface area contributed by atoms with E-state index in [1.54, 1.807) is 0 Å². The van der Waals surface area contributed by atoms with Gasteiger partial charge >= 0.3 is 0 Å². The highest BCUT2D eigenvalue weighted by Crippen LogP contribution is 2.46. The highest BCUT2D eigenvalue weighted by atomic mass is 16.5. The molecule has 154 valence electrons. The molecule has 1 saturated carbocycles. The molecule has 1 saturated heterocycles. The van der Waals surface area contributed by atoms with Crippen molar-refractivity contribution in [2.24, 2.45) is 11.1 Å². The Kier molecular flexibility index (Phi) is 4.63. The lowest BCUT2D eigenvalue weighted by Crippen LogP contribution is -2.57. The predicted molar refractivity (Wildman–Crippen MR) is 112 cm³/mol. The van der Waals surface area contributed by atoms with E-state index >= 15 is 0 Å². The van der Waals surface area contributed by atoms with Gasteiger partial charge in [0.15, 0.2) is 0 Å². The number of fused-ring (bicyclic) bond motifs is 3. The minimum atomic E-state index is -0.210. The zero-order chi connectivity index (χ0) is 20.0. The number of hydrogen-bond donors (Lipinski definition) is 2. The van der Waals surface area contributed by atoms with Crippen LogP contribution in [0.5, 0.6) is 5.75 Å². The lowest BCUT2D eigenvalue weighted by molar-refractivity contribution is -0.165. The van der Waals surface area contributed by atoms with Crippen LogP contribution in [0.25, 0.3) is 10.9 Å². The first-order valence-electron chi connectivity index (χ1n) is 10.5. The van der Waals surface area contributed by atoms with Crippen LogP contribution in [0.2, 0.25) is 0 Å². The number of rotatable bonds is 5. The summed E-state index contributed by atoms with van der Waals surface area (Å²) < 4.78 is 17.1. The number of aromatic nitrogens is 1. The lowest BCUT2D eigenvalue weighted by Gasteiger charge is -2.53. The second-order valence-electron chi connectivity index (χ2n) is 8.80. The Morgan fingerprint density at radius 1 is 1.31 bits per heavy atom. The summed E-state index contributed by atoms with van der Waals surface area (Å²) in [5.74, 6) is 0.815. The SMILES string of the molecule is Cc1nc2ccc(OC(C)/C(N)=C/NC3CC4(COC4)C3)cc2c2c1COCC2. The van der Waals surface area contributed by atoms with Gasteiger partial charge < -0.3 is 25.3 Å². The summed E-state index contributed by atoms with van der Waals surface area (Å²) in [6, 6.07) is 6.60. The molecule has 2 aromatic rings. The van der Waals surface area contributed by atoms with Gasteiger partial charge in [-0.1, -0.05) is 0 Å². The zero-order valence-corrected chi connectivity index (χ0v) is 17.2. The number of aryl methyl sites for hydroxylation is 1. The fourth-order valence-electron chi connectivity index (χ4n) is 4.72. The summed E-state index contributed by atoms with van der Waals surface area (Å²) in [4.78, 5) is 4.74. The summed E-state index contributed by atoms with van der Waals surface area (Å²) >= 11 is 0. The van der Waals surface area contributed by atoms with Crippen molar-refractivity contribution in [1.29, 1.82) is 0 Å². The normalized spacial score (nSPS) is 21.9. The summed E-state index contributed by atoms with van der Waals surface area (Å²) in [5, 5.41) is 4.59. The van der Waals surface area contributed by atoms with Crippen LogP contribution < -0.4 is 15.8 Å². The van der Waals surface area contributed by atoms with Crippen LogP contribution in [0.3, 0.4) is 0 Å². The van der Waals surface area contributed by atoms with Crippen LogP contribution in [0.4, 0.5) is 0 Å². The van der Waals surface area contributed by atoms with E-state index in [1.807, 2.05) is 25.3 Å². The molecule has 5 rings (SSSR count). The van der Waals surface area contributed by atoms with Crippen molar-refractivity contribution >= 4 is 10.9 Å². The maximum Gasteiger partial charge on any atom is 0.136 e. The van der Waals surface area contributed by atoms with Crippen molar-refractivity contribution in [3.8, 4) is 5.75 Å². The minimum Gasteiger partial charge on any atom is -0.484 e. The molecular weight excluding hydrogens is 366 g/mol. The minimum absolute atomic E-state index is 0.210. The van der Waals surface area contributed by atoms with Crippen LogP contribution in [-0.4, -0.2) is 37.0 Å². The Morgan fingerprint density at radius 3 is 2.90 bits per heavy atom. The third-order valence-corrected chi connectivity index (χ3v) is 6.57. The van der Waals surface area contributed by atoms with E-state index in [4.69, 9.17) is 24.9 Å². The molecule has 3 N–H and O–H groups in total. The molecule has 1 unspecified atom stereocenters. The molecule has 0 amide bonds. The molecular formula is C23H29N3O3. The number of ether oxygens (including phenoxy) is 3. The quantitative estimate of drug-likeness (QED) is 0.810. The van der Waals surface area contributed by atoms with Crippen molar-refractivity contribution in [2.45, 2.75) is 51.9 Å². The Morgan fingerprint density at radius 2 is 2.14 bits per heavy atom. The molecule has 2 aliphatic heterocycles. The van der Waals surface area contributed by atoms with Gasteiger partial charge in [-0.3, -0.25) is 4.98 Å². The molecule has 29 heavy (non-hydrogen) atoms. The Bertz CT molecular complexity index is 959. The summed E-state index contributed by atoms with van der Waals surface area (Å²) in [7, 11) is 0. The largest absolute Gasteiger partial charge is 0.484 e. The summed E-state index contributed by atoms with van der Waals surface area (Å²) in [6.45, 7) is 7.26. The van der Waals surface area contributed by atoms with Crippen molar-refractivity contribution in [3.05, 3.63) is 46.9 Å². The van der Waals surface area contributed by atoms with Crippen LogP contribution in [0, 0.1) is 12.3 Å². The maximum absolute atomic E-state index is 6.27. The van der Waals surface area contributed by atoms with Crippen LogP contribution in [0.15, 0.2) is 30.1 Å². The molecule has 1 aromatic carbocycles. The van der Waals surface area contributed by atoms with Crippen LogP contribution in [0.1, 0.15) is 36.6 Å². The van der Waals surface area contributed by atoms with E-state index in [2.05, 4.69) is 18.3 Å². The number of pyridine rings is 1. The first kappa shape index (κ1) is 18.7. The number of nitrogens with two attached hydrogens (primary N) is 1. The third-order valence-electron chi connectivity index (χ3n) is 6.57. The first-order chi connectivity index (χ1) is 14.0. The molecule has 6 heteroatoms. The van der Waals surface area contributed by atoms with E-state index in [1.165, 1.54) is 11.1 Å². The molecule has 1 aromatic heterocycles. The van der Waals surface area contributed by atoms with Gasteiger partial charge in [0.25, 0.3) is 0 Å². The van der Waals surface area contributed by atoms with Gasteiger partial charge in [0, 0.05) is 34.3 Å². The van der Waals surface area contributed by atoms with E-state index < -0.39 is 0 Å². The Hall–Kier alpha value is -2.31. The van der Waals surface area contributed by atoms with Crippen LogP contribution >= 0.6 is 0 Å². The van der Waals surface area contributed by atoms with E-state index in [0.717, 1.165) is 61.4 Å². The summed E-state index contributed by atoms with van der Waals surface area (Å²) in [5.41, 5.74) is 12.0. The fourth-order valence-corrected chi connectivity index (χ4v) is 4.72. The molecule has 6 nitrogen and oxygen atoms in total. The average molecular weight is 396 g/mol. The van der Waals surface area contributed by atoms with Gasteiger partial charge in [0.05, 0.1) is 37.6 Å². The molecule has 2 fully saturated rings. The van der Waals surface area contributed by atoms with E-state index in [9.17, 15) is 0 Å². The number of benzene rings is 1. The van der Waals surface area contributed by atoms with Crippen LogP contribution in [-0.2, 0) is 22.5 Å². The number of nitrogens with one attached hydrogen (secondary N) is 1. The molecule has 0 bridgehead atoms. The van der Waals surface area contributed by atoms with E-state index in [-0.39, 0.29) is 6.10 Å². The molecule has 3 heterocycles. The zero-order valence-electron chi connectivity index (χ0n) is 17.2. The van der Waals surface area contributed by atoms with Crippen molar-refractivity contribution < 1.29 is 14.2 Å². The Balaban J connectivity index is 1.28. The standard InChI is InChI=1S/C23H29N3O3/c1-14-20-11-27-6-5-18(20)19-7-17(3-4-22(19)26-14)29-15(2)21(24)10-25-16-8-23(9-16)12-28-13-23/h3-4,7,10,15-16,25H,5-6,8-9,11-13,24H2,1-2H3/b21-10-. The fraction of sp³-hybridized carbons (Fsp3) is 0.522. The van der Waals surface area contributed by atoms with Gasteiger partial charge in [0.1, 0.15) is 11.9 Å². The monoisotopic (exact) mass is 395 g/mol. The van der Waals surface area contributed by atoms with Crippen molar-refractivity contribution in [2.75, 3.05) is 19.8 Å². The van der Waals surface area contributed by atoms with Gasteiger partial charge in [0.2, 0.25) is 0 Å². The highest BCUT2D eigenvalue weighted by molar-refractivity contribution is 5.85. The Labute approximate surface area is 171 Å². The topological polar surface area (TPSA) is 78.6 Å². The van der Waals surface area contributed by atoms with Gasteiger partial charge in [-0.2, -0.15) is 0 Å². The molecule has 1 aliphatic carbocycles. The van der Waals surface area contributed by atoms with Crippen molar-refractivity contribution in [3.63, 3.8) is 0 Å². The summed E-state index contributed by atoms with van der Waals surface area (Å²) in [6.07, 6.45) is 4.94. The number of hydrogen-bond acceptors (Lipinski definition) is 6. The highest BCUT2D eigenvalue weighted by Gasteiger charge is 2.49. The smallest absolute Gasteiger partial charge is 0.136 e. The lowest BCUT2D eigenvalue weighted by atomic mass is 9.64. The second kappa shape index (κ2) is 7.18. The first-order valence-corrected chi connectivity index (χ1v) is 10.5. The second-order valence-corrected chi connectivity index (χ2v) is 8.80. The third kappa shape index (κ3) is 3.45. The molecule has 0 radical (unpaired) electrons. The van der Waals surface area contributed by atoms with Gasteiger partial charge in [-0.25, -0.2) is 0 Å². The predicted octanol–water partition coefficient (Wildman–Crippen LogP) is 2.95. The molecule has 1 atom stereocenters. The molecule has 1 spiro atoms. The average Bonchev–Trinajstić information content (AvgIpc) is 2.66. The van der Waals surface area contributed by atoms with Crippen molar-refractivity contribution in [1.82, 2.24) is 10.3 Å². The number of nitrogens with zero attached hydrogens (tertiary/aromatic N) is 1.